The summed E-state index contributed by atoms with van der Waals surface area (Å²) < 4.78 is 41.0. The maximum atomic E-state index is 12.3. The third-order valence-electron chi connectivity index (χ3n) is 5.68. The Morgan fingerprint density at radius 2 is 1.57 bits per heavy atom. The van der Waals surface area contributed by atoms with Gasteiger partial charge in [-0.05, 0) is 60.9 Å². The largest absolute Gasteiger partial charge is 0.522 e. The van der Waals surface area contributed by atoms with Gasteiger partial charge in [0.15, 0.2) is 0 Å². The average Bonchev–Trinajstić information content (AvgIpc) is 2.74. The molecule has 1 aliphatic carbocycles. The lowest BCUT2D eigenvalue weighted by molar-refractivity contribution is -0.345. The van der Waals surface area contributed by atoms with Crippen LogP contribution in [0.15, 0.2) is 61.2 Å². The second-order valence-electron chi connectivity index (χ2n) is 7.76. The molecule has 1 aliphatic rings. The van der Waals surface area contributed by atoms with Gasteiger partial charge in [0.1, 0.15) is 0 Å². The minimum atomic E-state index is -4.55. The molecule has 1 unspecified atom stereocenters. The Morgan fingerprint density at radius 1 is 1.00 bits per heavy atom. The second kappa shape index (κ2) is 10.00. The van der Waals surface area contributed by atoms with Crippen LogP contribution >= 0.6 is 0 Å². The highest BCUT2D eigenvalue weighted by Crippen LogP contribution is 2.30. The molecule has 30 heavy (non-hydrogen) atoms. The quantitative estimate of drug-likeness (QED) is 0.365. The normalized spacial score (nSPS) is 20.1. The van der Waals surface area contributed by atoms with E-state index in [2.05, 4.69) is 66.5 Å². The molecule has 0 aromatic heterocycles. The maximum absolute atomic E-state index is 12.3. The molecule has 1 atom stereocenters. The van der Waals surface area contributed by atoms with Crippen molar-refractivity contribution >= 4 is 0 Å². The van der Waals surface area contributed by atoms with Crippen LogP contribution in [0.2, 0.25) is 0 Å². The molecule has 2 aromatic carbocycles. The van der Waals surface area contributed by atoms with E-state index in [1.165, 1.54) is 5.56 Å². The molecule has 0 radical (unpaired) electrons. The Bertz CT molecular complexity index is 877. The van der Waals surface area contributed by atoms with Crippen molar-refractivity contribution in [3.8, 4) is 23.0 Å². The highest BCUT2D eigenvalue weighted by atomic mass is 19.4. The predicted molar refractivity (Wildman–Crippen MR) is 115 cm³/mol. The van der Waals surface area contributed by atoms with Gasteiger partial charge in [0.25, 0.3) is 0 Å². The molecule has 0 heterocycles. The van der Waals surface area contributed by atoms with Crippen molar-refractivity contribution in [3.05, 3.63) is 72.3 Å². The predicted octanol–water partition coefficient (Wildman–Crippen LogP) is 7.48. The van der Waals surface area contributed by atoms with Crippen molar-refractivity contribution in [2.24, 2.45) is 5.92 Å². The zero-order chi connectivity index (χ0) is 21.6. The molecule has 0 spiro atoms. The zero-order valence-electron chi connectivity index (χ0n) is 17.2. The number of ether oxygens (including phenoxy) is 1. The van der Waals surface area contributed by atoms with Gasteiger partial charge in [-0.25, -0.2) is 0 Å². The van der Waals surface area contributed by atoms with Crippen LogP contribution in [-0.2, 0) is 4.74 Å². The SMILES string of the molecule is C=CC(CC)c1ccc(-c2ccc(C#C[C@H]3CC[C@H](OC(F)(F)F)CC3)cc2)cc1. The van der Waals surface area contributed by atoms with E-state index in [4.69, 9.17) is 0 Å². The number of hydrogen-bond acceptors (Lipinski definition) is 1. The van der Waals surface area contributed by atoms with Crippen LogP contribution in [0.1, 0.15) is 56.1 Å². The Hall–Kier alpha value is -2.51. The first-order valence-corrected chi connectivity index (χ1v) is 10.5. The van der Waals surface area contributed by atoms with Crippen LogP contribution in [0.5, 0.6) is 0 Å². The molecule has 0 amide bonds. The van der Waals surface area contributed by atoms with Gasteiger partial charge in [-0.2, -0.15) is 0 Å². The molecule has 0 aliphatic heterocycles. The van der Waals surface area contributed by atoms with Crippen LogP contribution in [0, 0.1) is 17.8 Å². The van der Waals surface area contributed by atoms with Crippen molar-refractivity contribution < 1.29 is 17.9 Å². The molecule has 1 nitrogen and oxygen atoms in total. The second-order valence-corrected chi connectivity index (χ2v) is 7.76. The van der Waals surface area contributed by atoms with E-state index in [1.54, 1.807) is 0 Å². The molecule has 4 heteroatoms. The number of hydrogen-bond donors (Lipinski definition) is 0. The summed E-state index contributed by atoms with van der Waals surface area (Å²) in [6, 6.07) is 16.7. The summed E-state index contributed by atoms with van der Waals surface area (Å²) in [5.41, 5.74) is 4.47. The molecule has 3 rings (SSSR count). The minimum Gasteiger partial charge on any atom is -0.289 e. The summed E-state index contributed by atoms with van der Waals surface area (Å²) in [6.45, 7) is 6.06. The van der Waals surface area contributed by atoms with Gasteiger partial charge in [0, 0.05) is 17.4 Å². The standard InChI is InChI=1S/C26H27F3O/c1-3-21(4-2)22-13-15-24(16-14-22)23-11-7-19(8-12-23)5-6-20-9-17-25(18-10-20)30-26(27,28)29/h3,7-8,11-16,20-21,25H,1,4,9-10,17-18H2,2H3/t20-,21?,25-. The Balaban J connectivity index is 1.58. The highest BCUT2D eigenvalue weighted by molar-refractivity contribution is 5.64. The Labute approximate surface area is 177 Å². The third-order valence-corrected chi connectivity index (χ3v) is 5.68. The van der Waals surface area contributed by atoms with Gasteiger partial charge in [-0.3, -0.25) is 4.74 Å². The highest BCUT2D eigenvalue weighted by Gasteiger charge is 2.35. The summed E-state index contributed by atoms with van der Waals surface area (Å²) in [5, 5.41) is 0. The monoisotopic (exact) mass is 412 g/mol. The lowest BCUT2D eigenvalue weighted by Gasteiger charge is -2.26. The molecule has 2 aromatic rings. The summed E-state index contributed by atoms with van der Waals surface area (Å²) in [4.78, 5) is 0. The molecule has 158 valence electrons. The van der Waals surface area contributed by atoms with Crippen molar-refractivity contribution in [1.82, 2.24) is 0 Å². The van der Waals surface area contributed by atoms with E-state index in [-0.39, 0.29) is 5.92 Å². The molecule has 1 saturated carbocycles. The molecule has 0 bridgehead atoms. The van der Waals surface area contributed by atoms with Crippen LogP contribution in [0.25, 0.3) is 11.1 Å². The van der Waals surface area contributed by atoms with Gasteiger partial charge in [-0.15, -0.1) is 19.8 Å². The average molecular weight is 412 g/mol. The van der Waals surface area contributed by atoms with Gasteiger partial charge in [0.05, 0.1) is 6.10 Å². The summed E-state index contributed by atoms with van der Waals surface area (Å²) in [5.74, 6) is 6.90. The number of halogens is 3. The van der Waals surface area contributed by atoms with Crippen LogP contribution in [0.3, 0.4) is 0 Å². The van der Waals surface area contributed by atoms with E-state index in [0.29, 0.717) is 31.6 Å². The van der Waals surface area contributed by atoms with Crippen molar-refractivity contribution in [2.45, 2.75) is 57.4 Å². The first-order valence-electron chi connectivity index (χ1n) is 10.5. The van der Waals surface area contributed by atoms with Crippen LogP contribution in [0.4, 0.5) is 13.2 Å². The van der Waals surface area contributed by atoms with E-state index in [1.807, 2.05) is 18.2 Å². The summed E-state index contributed by atoms with van der Waals surface area (Å²) in [6.07, 6.45) is -0.173. The van der Waals surface area contributed by atoms with Gasteiger partial charge >= 0.3 is 6.36 Å². The van der Waals surface area contributed by atoms with Crippen molar-refractivity contribution in [2.75, 3.05) is 0 Å². The number of allylic oxidation sites excluding steroid dienone is 1. The van der Waals surface area contributed by atoms with Crippen molar-refractivity contribution in [1.29, 1.82) is 0 Å². The first-order chi connectivity index (χ1) is 14.4. The first kappa shape index (κ1) is 22.2. The number of rotatable bonds is 5. The fraction of sp³-hybridized carbons (Fsp3) is 0.385. The lowest BCUT2D eigenvalue weighted by Crippen LogP contribution is -2.27. The molecule has 1 fully saturated rings. The van der Waals surface area contributed by atoms with E-state index in [9.17, 15) is 13.2 Å². The Morgan fingerprint density at radius 3 is 2.07 bits per heavy atom. The van der Waals surface area contributed by atoms with Gasteiger partial charge < -0.3 is 0 Å². The van der Waals surface area contributed by atoms with Crippen molar-refractivity contribution in [3.63, 3.8) is 0 Å². The molecular formula is C26H27F3O. The minimum absolute atomic E-state index is 0.127. The van der Waals surface area contributed by atoms with E-state index in [0.717, 1.165) is 23.1 Å². The topological polar surface area (TPSA) is 9.23 Å². The van der Waals surface area contributed by atoms with Gasteiger partial charge in [-0.1, -0.05) is 61.2 Å². The Kier molecular flexibility index (Phi) is 7.39. The lowest BCUT2D eigenvalue weighted by atomic mass is 9.87. The van der Waals surface area contributed by atoms with E-state index < -0.39 is 12.5 Å². The van der Waals surface area contributed by atoms with Crippen LogP contribution in [-0.4, -0.2) is 12.5 Å². The van der Waals surface area contributed by atoms with E-state index >= 15 is 0 Å². The summed E-state index contributed by atoms with van der Waals surface area (Å²) in [7, 11) is 0. The maximum Gasteiger partial charge on any atom is 0.522 e. The fourth-order valence-electron chi connectivity index (χ4n) is 3.91. The number of alkyl halides is 3. The zero-order valence-corrected chi connectivity index (χ0v) is 17.2. The number of benzene rings is 2. The fourth-order valence-corrected chi connectivity index (χ4v) is 3.91. The summed E-state index contributed by atoms with van der Waals surface area (Å²) >= 11 is 0. The molecule has 0 saturated heterocycles. The van der Waals surface area contributed by atoms with Crippen LogP contribution < -0.4 is 0 Å². The van der Waals surface area contributed by atoms with Gasteiger partial charge in [0.2, 0.25) is 0 Å². The molecular weight excluding hydrogens is 385 g/mol. The molecule has 0 N–H and O–H groups in total. The smallest absolute Gasteiger partial charge is 0.289 e. The third kappa shape index (κ3) is 6.24.